The third-order valence-corrected chi connectivity index (χ3v) is 7.16. The van der Waals surface area contributed by atoms with Crippen molar-refractivity contribution in [3.63, 3.8) is 0 Å². The van der Waals surface area contributed by atoms with Crippen LogP contribution in [0.1, 0.15) is 30.7 Å². The highest BCUT2D eigenvalue weighted by Gasteiger charge is 2.40. The van der Waals surface area contributed by atoms with Crippen LogP contribution in [0.4, 0.5) is 0 Å². The molecule has 1 saturated carbocycles. The first-order valence-electron chi connectivity index (χ1n) is 8.92. The molecule has 0 radical (unpaired) electrons. The molecule has 2 N–H and O–H groups in total. The molecule has 2 aromatic rings. The first-order valence-corrected chi connectivity index (χ1v) is 11.2. The Labute approximate surface area is 177 Å². The van der Waals surface area contributed by atoms with Crippen molar-refractivity contribution in [1.82, 2.24) is 4.72 Å². The number of aliphatic carboxylic acids is 1. The zero-order valence-electron chi connectivity index (χ0n) is 15.0. The molecule has 2 aliphatic rings. The summed E-state index contributed by atoms with van der Waals surface area (Å²) < 4.78 is 38.8. The highest BCUT2D eigenvalue weighted by atomic mass is 35.5. The standard InChI is InChI=1S/C19H17Cl2NO6S/c20-10-7-8-16(13(21)9-10)29(25,26)22-18(19(23)24)28-15-6-2-4-12-11-3-1-5-14(11)27-17(12)15/h2,4,6-9,11,14,18,22H,1,3,5H2,(H,23,24). The second kappa shape index (κ2) is 7.68. The molecule has 0 amide bonds. The van der Waals surface area contributed by atoms with Crippen LogP contribution in [0.25, 0.3) is 0 Å². The van der Waals surface area contributed by atoms with Gasteiger partial charge in [0.05, 0.1) is 5.02 Å². The highest BCUT2D eigenvalue weighted by molar-refractivity contribution is 7.89. The Morgan fingerprint density at radius 1 is 1.24 bits per heavy atom. The van der Waals surface area contributed by atoms with E-state index in [4.69, 9.17) is 32.7 Å². The summed E-state index contributed by atoms with van der Waals surface area (Å²) in [5, 5.41) is 9.64. The first kappa shape index (κ1) is 20.3. The van der Waals surface area contributed by atoms with E-state index in [0.717, 1.165) is 24.8 Å². The van der Waals surface area contributed by atoms with E-state index in [0.29, 0.717) is 5.75 Å². The van der Waals surface area contributed by atoms with Crippen LogP contribution < -0.4 is 14.2 Å². The summed E-state index contributed by atoms with van der Waals surface area (Å²) >= 11 is 11.7. The van der Waals surface area contributed by atoms with Gasteiger partial charge < -0.3 is 14.6 Å². The molecule has 4 rings (SSSR count). The third kappa shape index (κ3) is 3.90. The van der Waals surface area contributed by atoms with Gasteiger partial charge in [-0.15, -0.1) is 0 Å². The third-order valence-electron chi connectivity index (χ3n) is 5.05. The van der Waals surface area contributed by atoms with Crippen LogP contribution >= 0.6 is 23.2 Å². The maximum absolute atomic E-state index is 12.6. The second-order valence-corrected chi connectivity index (χ2v) is 9.43. The number of hydrogen-bond acceptors (Lipinski definition) is 5. The van der Waals surface area contributed by atoms with Gasteiger partial charge in [0.2, 0.25) is 10.0 Å². The Hall–Kier alpha value is -2.00. The fraction of sp³-hybridized carbons (Fsp3) is 0.316. The lowest BCUT2D eigenvalue weighted by Gasteiger charge is -2.19. The molecule has 1 aliphatic carbocycles. The number of nitrogens with one attached hydrogen (secondary N) is 1. The zero-order chi connectivity index (χ0) is 20.8. The lowest BCUT2D eigenvalue weighted by Crippen LogP contribution is -2.44. The molecule has 2 aromatic carbocycles. The largest absolute Gasteiger partial charge is 0.486 e. The molecule has 0 spiro atoms. The van der Waals surface area contributed by atoms with E-state index >= 15 is 0 Å². The molecular formula is C19H17Cl2NO6S. The molecule has 1 fully saturated rings. The lowest BCUT2D eigenvalue weighted by atomic mass is 9.97. The van der Waals surface area contributed by atoms with Crippen LogP contribution in [0.5, 0.6) is 11.5 Å². The number of fused-ring (bicyclic) bond motifs is 3. The Morgan fingerprint density at radius 2 is 2.03 bits per heavy atom. The molecule has 0 bridgehead atoms. The number of benzene rings is 2. The van der Waals surface area contributed by atoms with Crippen LogP contribution in [-0.2, 0) is 14.8 Å². The molecule has 154 valence electrons. The van der Waals surface area contributed by atoms with Gasteiger partial charge in [0.25, 0.3) is 6.23 Å². The average molecular weight is 458 g/mol. The predicted octanol–water partition coefficient (Wildman–Crippen LogP) is 3.79. The van der Waals surface area contributed by atoms with Crippen LogP contribution in [-0.4, -0.2) is 31.8 Å². The van der Waals surface area contributed by atoms with Crippen LogP contribution in [0, 0.1) is 0 Å². The monoisotopic (exact) mass is 457 g/mol. The molecule has 10 heteroatoms. The van der Waals surface area contributed by atoms with Gasteiger partial charge >= 0.3 is 5.97 Å². The van der Waals surface area contributed by atoms with Gasteiger partial charge in [-0.1, -0.05) is 35.3 Å². The lowest BCUT2D eigenvalue weighted by molar-refractivity contribution is -0.145. The molecule has 0 saturated heterocycles. The Morgan fingerprint density at radius 3 is 2.76 bits per heavy atom. The molecule has 3 atom stereocenters. The predicted molar refractivity (Wildman–Crippen MR) is 106 cm³/mol. The van der Waals surface area contributed by atoms with Gasteiger partial charge in [-0.25, -0.2) is 13.2 Å². The number of ether oxygens (including phenoxy) is 2. The van der Waals surface area contributed by atoms with Crippen molar-refractivity contribution in [2.24, 2.45) is 0 Å². The van der Waals surface area contributed by atoms with Crippen molar-refractivity contribution in [3.8, 4) is 11.5 Å². The van der Waals surface area contributed by atoms with Gasteiger partial charge in [-0.2, -0.15) is 4.72 Å². The first-order chi connectivity index (χ1) is 13.8. The van der Waals surface area contributed by atoms with Crippen molar-refractivity contribution in [2.75, 3.05) is 0 Å². The topological polar surface area (TPSA) is 102 Å². The fourth-order valence-electron chi connectivity index (χ4n) is 3.77. The van der Waals surface area contributed by atoms with Crippen molar-refractivity contribution < 1.29 is 27.8 Å². The maximum atomic E-state index is 12.6. The van der Waals surface area contributed by atoms with Crippen LogP contribution in [0.2, 0.25) is 10.0 Å². The number of carboxylic acids is 1. The number of halogens is 2. The van der Waals surface area contributed by atoms with Crippen molar-refractivity contribution in [3.05, 3.63) is 52.0 Å². The Balaban J connectivity index is 1.60. The van der Waals surface area contributed by atoms with Crippen molar-refractivity contribution in [2.45, 2.75) is 42.4 Å². The minimum Gasteiger partial charge on any atom is -0.486 e. The molecular weight excluding hydrogens is 441 g/mol. The van der Waals surface area contributed by atoms with Crippen LogP contribution in [0.3, 0.4) is 0 Å². The van der Waals surface area contributed by atoms with Gasteiger partial charge in [0.1, 0.15) is 11.0 Å². The van der Waals surface area contributed by atoms with Crippen molar-refractivity contribution >= 4 is 39.2 Å². The number of para-hydroxylation sites is 1. The number of carbonyl (C=O) groups is 1. The Bertz CT molecular complexity index is 1070. The summed E-state index contributed by atoms with van der Waals surface area (Å²) in [4.78, 5) is 11.4. The quantitative estimate of drug-likeness (QED) is 0.639. The summed E-state index contributed by atoms with van der Waals surface area (Å²) in [7, 11) is -4.29. The minimum absolute atomic E-state index is 0.0441. The van der Waals surface area contributed by atoms with Crippen molar-refractivity contribution in [1.29, 1.82) is 0 Å². The van der Waals surface area contributed by atoms with E-state index in [-0.39, 0.29) is 32.7 Å². The van der Waals surface area contributed by atoms with E-state index in [1.165, 1.54) is 18.2 Å². The maximum Gasteiger partial charge on any atom is 0.361 e. The van der Waals surface area contributed by atoms with E-state index in [9.17, 15) is 18.3 Å². The molecule has 1 aliphatic heterocycles. The second-order valence-electron chi connectivity index (χ2n) is 6.90. The van der Waals surface area contributed by atoms with E-state index in [1.807, 2.05) is 10.8 Å². The van der Waals surface area contributed by atoms with E-state index < -0.39 is 22.2 Å². The number of carboxylic acid groups (broad SMARTS) is 1. The number of rotatable bonds is 6. The molecule has 29 heavy (non-hydrogen) atoms. The average Bonchev–Trinajstić information content (AvgIpc) is 3.22. The zero-order valence-corrected chi connectivity index (χ0v) is 17.3. The number of hydrogen-bond donors (Lipinski definition) is 2. The van der Waals surface area contributed by atoms with Gasteiger partial charge in [-0.05, 0) is 43.5 Å². The van der Waals surface area contributed by atoms with Gasteiger partial charge in [-0.3, -0.25) is 0 Å². The SMILES string of the molecule is O=C(O)C(NS(=O)(=O)c1ccc(Cl)cc1Cl)Oc1cccc2c1OC1CCCC21. The molecule has 3 unspecified atom stereocenters. The van der Waals surface area contributed by atoms with Gasteiger partial charge in [0.15, 0.2) is 11.5 Å². The summed E-state index contributed by atoms with van der Waals surface area (Å²) in [5.74, 6) is -0.609. The van der Waals surface area contributed by atoms with E-state index in [2.05, 4.69) is 0 Å². The summed E-state index contributed by atoms with van der Waals surface area (Å²) in [5.41, 5.74) is 0.956. The summed E-state index contributed by atoms with van der Waals surface area (Å²) in [6.07, 6.45) is 1.15. The van der Waals surface area contributed by atoms with Gasteiger partial charge in [0, 0.05) is 16.5 Å². The highest BCUT2D eigenvalue weighted by Crippen LogP contribution is 2.50. The summed E-state index contributed by atoms with van der Waals surface area (Å²) in [6.45, 7) is 0. The molecule has 7 nitrogen and oxygen atoms in total. The van der Waals surface area contributed by atoms with Crippen LogP contribution in [0.15, 0.2) is 41.3 Å². The Kier molecular flexibility index (Phi) is 5.37. The number of sulfonamides is 1. The smallest absolute Gasteiger partial charge is 0.361 e. The fourth-order valence-corrected chi connectivity index (χ4v) is 5.60. The molecule has 1 heterocycles. The normalized spacial score (nSPS) is 21.2. The minimum atomic E-state index is -4.29. The van der Waals surface area contributed by atoms with E-state index in [1.54, 1.807) is 12.1 Å². The molecule has 0 aromatic heterocycles. The summed E-state index contributed by atoms with van der Waals surface area (Å²) in [6, 6.07) is 9.00.